The number of rotatable bonds is 10. The third kappa shape index (κ3) is 6.08. The van der Waals surface area contributed by atoms with Crippen molar-refractivity contribution >= 4 is 25.5 Å². The Balaban J connectivity index is 2.00. The molecule has 0 bridgehead atoms. The zero-order chi connectivity index (χ0) is 17.2. The maximum atomic E-state index is 12.5. The van der Waals surface area contributed by atoms with E-state index in [1.54, 1.807) is 0 Å². The van der Waals surface area contributed by atoms with Crippen molar-refractivity contribution in [2.75, 3.05) is 0 Å². The minimum atomic E-state index is -1.43. The van der Waals surface area contributed by atoms with Gasteiger partial charge in [0.25, 0.3) is 0 Å². The SMILES string of the molecule is CCC[CH2][SnH]([CH2]CCC)[CH2]c1ccc(C(=O)c2ccccc2)cc1. The van der Waals surface area contributed by atoms with Crippen molar-refractivity contribution in [3.63, 3.8) is 0 Å². The molecule has 0 fully saturated rings. The quantitative estimate of drug-likeness (QED) is 0.343. The Labute approximate surface area is 154 Å². The summed E-state index contributed by atoms with van der Waals surface area (Å²) in [5.41, 5.74) is 3.03. The van der Waals surface area contributed by atoms with Crippen molar-refractivity contribution in [1.29, 1.82) is 0 Å². The second kappa shape index (κ2) is 10.7. The molecule has 0 aliphatic heterocycles. The van der Waals surface area contributed by atoms with E-state index in [2.05, 4.69) is 26.0 Å². The molecule has 0 radical (unpaired) electrons. The molecule has 0 heterocycles. The molecule has 0 aromatic heterocycles. The number of unbranched alkanes of at least 4 members (excludes halogenated alkanes) is 2. The van der Waals surface area contributed by atoms with Crippen molar-refractivity contribution in [2.45, 2.75) is 52.8 Å². The van der Waals surface area contributed by atoms with Gasteiger partial charge >= 0.3 is 154 Å². The Morgan fingerprint density at radius 2 is 1.33 bits per heavy atom. The molecule has 128 valence electrons. The second-order valence-corrected chi connectivity index (χ2v) is 16.2. The van der Waals surface area contributed by atoms with E-state index in [0.717, 1.165) is 11.1 Å². The van der Waals surface area contributed by atoms with Crippen LogP contribution in [-0.2, 0) is 4.44 Å². The number of benzene rings is 2. The van der Waals surface area contributed by atoms with Crippen molar-refractivity contribution in [2.24, 2.45) is 0 Å². The fourth-order valence-corrected chi connectivity index (χ4v) is 13.5. The van der Waals surface area contributed by atoms with Crippen LogP contribution in [0.5, 0.6) is 0 Å². The van der Waals surface area contributed by atoms with Gasteiger partial charge in [-0.2, -0.15) is 0 Å². The summed E-state index contributed by atoms with van der Waals surface area (Å²) in [6, 6.07) is 18.0. The third-order valence-corrected chi connectivity index (χ3v) is 14.7. The van der Waals surface area contributed by atoms with Gasteiger partial charge in [0.2, 0.25) is 0 Å². The third-order valence-electron chi connectivity index (χ3n) is 4.71. The van der Waals surface area contributed by atoms with Crippen LogP contribution in [0.25, 0.3) is 0 Å². The molecule has 0 amide bonds. The van der Waals surface area contributed by atoms with Crippen molar-refractivity contribution in [3.05, 3.63) is 71.3 Å². The van der Waals surface area contributed by atoms with Crippen LogP contribution in [0.3, 0.4) is 0 Å². The normalized spacial score (nSPS) is 11.0. The Kier molecular flexibility index (Phi) is 8.58. The summed E-state index contributed by atoms with van der Waals surface area (Å²) in [4.78, 5) is 12.5. The second-order valence-electron chi connectivity index (χ2n) is 6.75. The first-order valence-electron chi connectivity index (χ1n) is 9.43. The van der Waals surface area contributed by atoms with E-state index in [4.69, 9.17) is 0 Å². The zero-order valence-corrected chi connectivity index (χ0v) is 18.4. The Morgan fingerprint density at radius 1 is 0.792 bits per heavy atom. The first-order valence-corrected chi connectivity index (χ1v) is 16.4. The van der Waals surface area contributed by atoms with Crippen LogP contribution in [0.4, 0.5) is 0 Å². The van der Waals surface area contributed by atoms with E-state index >= 15 is 0 Å². The molecule has 0 saturated carbocycles. The van der Waals surface area contributed by atoms with E-state index in [1.807, 2.05) is 42.5 Å². The van der Waals surface area contributed by atoms with Gasteiger partial charge in [0, 0.05) is 0 Å². The molecule has 2 rings (SSSR count). The molecule has 0 saturated heterocycles. The minimum absolute atomic E-state index is 0.124. The summed E-state index contributed by atoms with van der Waals surface area (Å²) in [5, 5.41) is 0. The van der Waals surface area contributed by atoms with Crippen molar-refractivity contribution in [1.82, 2.24) is 0 Å². The van der Waals surface area contributed by atoms with Gasteiger partial charge in [-0.3, -0.25) is 0 Å². The van der Waals surface area contributed by atoms with Gasteiger partial charge < -0.3 is 0 Å². The van der Waals surface area contributed by atoms with Gasteiger partial charge in [0.05, 0.1) is 0 Å². The molecular weight excluding hydrogens is 399 g/mol. The molecule has 2 aromatic carbocycles. The van der Waals surface area contributed by atoms with Crippen molar-refractivity contribution < 1.29 is 4.79 Å². The molecule has 2 heteroatoms. The number of carbonyl (C=O) groups excluding carboxylic acids is 1. The molecule has 24 heavy (non-hydrogen) atoms. The number of carbonyl (C=O) groups is 1. The van der Waals surface area contributed by atoms with E-state index in [1.165, 1.54) is 44.6 Å². The van der Waals surface area contributed by atoms with Crippen LogP contribution >= 0.6 is 0 Å². The summed E-state index contributed by atoms with van der Waals surface area (Å²) in [7, 11) is 0. The monoisotopic (exact) mass is 430 g/mol. The average Bonchev–Trinajstić information content (AvgIpc) is 2.64. The molecule has 0 aliphatic carbocycles. The zero-order valence-electron chi connectivity index (χ0n) is 15.1. The number of ketones is 1. The molecule has 0 atom stereocenters. The van der Waals surface area contributed by atoms with Gasteiger partial charge in [-0.05, 0) is 0 Å². The van der Waals surface area contributed by atoms with Gasteiger partial charge in [0.15, 0.2) is 0 Å². The standard InChI is InChI=1S/C14H11O.2C4H9.Sn.H/c1-11-7-9-13(10-8-11)14(15)12-5-3-2-4-6-12;2*1-3-4-2;;/h2-10H,1H2;2*1,3-4H2,2H3;;. The van der Waals surface area contributed by atoms with Crippen LogP contribution in [-0.4, -0.2) is 25.5 Å². The Hall–Kier alpha value is -1.09. The van der Waals surface area contributed by atoms with Gasteiger partial charge in [-0.25, -0.2) is 0 Å². The fraction of sp³-hybridized carbons (Fsp3) is 0.409. The summed E-state index contributed by atoms with van der Waals surface area (Å²) < 4.78 is 4.41. The van der Waals surface area contributed by atoms with Crippen LogP contribution in [0.1, 0.15) is 61.0 Å². The van der Waals surface area contributed by atoms with E-state index in [0.29, 0.717) is 0 Å². The van der Waals surface area contributed by atoms with Crippen LogP contribution in [0.15, 0.2) is 54.6 Å². The predicted molar refractivity (Wildman–Crippen MR) is 107 cm³/mol. The average molecular weight is 429 g/mol. The first-order chi connectivity index (χ1) is 11.7. The molecule has 2 aromatic rings. The van der Waals surface area contributed by atoms with E-state index in [-0.39, 0.29) is 5.78 Å². The number of hydrogen-bond acceptors (Lipinski definition) is 1. The molecule has 0 aliphatic rings. The van der Waals surface area contributed by atoms with E-state index in [9.17, 15) is 4.79 Å². The van der Waals surface area contributed by atoms with E-state index < -0.39 is 19.8 Å². The predicted octanol–water partition coefficient (Wildman–Crippen LogP) is 5.83. The summed E-state index contributed by atoms with van der Waals surface area (Å²) in [5.74, 6) is 0.124. The van der Waals surface area contributed by atoms with Gasteiger partial charge in [-0.15, -0.1) is 0 Å². The first kappa shape index (κ1) is 19.2. The topological polar surface area (TPSA) is 17.1 Å². The van der Waals surface area contributed by atoms with Gasteiger partial charge in [0.1, 0.15) is 0 Å². The maximum absolute atomic E-state index is 12.5. The fourth-order valence-electron chi connectivity index (χ4n) is 3.22. The number of hydrogen-bond donors (Lipinski definition) is 0. The Bertz CT molecular complexity index is 596. The van der Waals surface area contributed by atoms with Gasteiger partial charge in [-0.1, -0.05) is 0 Å². The van der Waals surface area contributed by atoms with Crippen LogP contribution in [0, 0.1) is 0 Å². The summed E-state index contributed by atoms with van der Waals surface area (Å²) >= 11 is -1.43. The summed E-state index contributed by atoms with van der Waals surface area (Å²) in [6.07, 6.45) is 5.47. The van der Waals surface area contributed by atoms with Crippen molar-refractivity contribution in [3.8, 4) is 0 Å². The molecule has 0 unspecified atom stereocenters. The Morgan fingerprint density at radius 3 is 1.88 bits per heavy atom. The molecule has 0 N–H and O–H groups in total. The molecular formula is C22H30OSn. The molecule has 1 nitrogen and oxygen atoms in total. The molecule has 0 spiro atoms. The van der Waals surface area contributed by atoms with Crippen LogP contribution in [0.2, 0.25) is 8.87 Å². The van der Waals surface area contributed by atoms with Crippen LogP contribution < -0.4 is 0 Å². The summed E-state index contributed by atoms with van der Waals surface area (Å²) in [6.45, 7) is 4.60.